The summed E-state index contributed by atoms with van der Waals surface area (Å²) in [6.07, 6.45) is 2.89. The lowest BCUT2D eigenvalue weighted by Gasteiger charge is -2.06. The van der Waals surface area contributed by atoms with Gasteiger partial charge in [-0.25, -0.2) is 14.8 Å². The molecule has 0 saturated carbocycles. The van der Waals surface area contributed by atoms with Crippen molar-refractivity contribution >= 4 is 16.6 Å². The molecule has 0 aliphatic heterocycles. The zero-order valence-corrected chi connectivity index (χ0v) is 11.3. The first-order valence-electron chi connectivity index (χ1n) is 6.51. The predicted octanol–water partition coefficient (Wildman–Crippen LogP) is 0.808. The fourth-order valence-electron chi connectivity index (χ4n) is 2.53. The van der Waals surface area contributed by atoms with E-state index in [4.69, 9.17) is 4.42 Å². The lowest BCUT2D eigenvalue weighted by Crippen LogP contribution is -2.29. The third-order valence-electron chi connectivity index (χ3n) is 3.43. The first-order chi connectivity index (χ1) is 10.2. The fourth-order valence-corrected chi connectivity index (χ4v) is 2.53. The van der Waals surface area contributed by atoms with Gasteiger partial charge in [-0.1, -0.05) is 12.1 Å². The molecule has 4 rings (SSSR count). The maximum absolute atomic E-state index is 12.7. The van der Waals surface area contributed by atoms with E-state index in [0.717, 1.165) is 10.9 Å². The minimum Gasteiger partial charge on any atom is -0.451 e. The van der Waals surface area contributed by atoms with Gasteiger partial charge in [-0.05, 0) is 16.6 Å². The third-order valence-corrected chi connectivity index (χ3v) is 3.43. The standard InChI is InChI=1S/C14H11N5O2/c1-9-16-13-11-4-2-3-5-12(11)18(14(20)19(13)17-9)6-10-7-21-8-15-10/h2-5,7-8H,6H2,1H3/p+1. The normalized spacial score (nSPS) is 11.5. The van der Waals surface area contributed by atoms with Crippen molar-refractivity contribution in [1.29, 1.82) is 0 Å². The number of para-hydroxylation sites is 1. The van der Waals surface area contributed by atoms with Crippen LogP contribution in [0.4, 0.5) is 0 Å². The Hall–Kier alpha value is -2.96. The van der Waals surface area contributed by atoms with Crippen molar-refractivity contribution in [3.63, 3.8) is 0 Å². The first-order valence-corrected chi connectivity index (χ1v) is 6.51. The summed E-state index contributed by atoms with van der Waals surface area (Å²) in [5.74, 6) is 0.691. The number of hydrogen-bond acceptors (Lipinski definition) is 4. The van der Waals surface area contributed by atoms with Gasteiger partial charge in [0.2, 0.25) is 0 Å². The van der Waals surface area contributed by atoms with E-state index in [1.165, 1.54) is 17.2 Å². The highest BCUT2D eigenvalue weighted by Gasteiger charge is 2.20. The molecule has 3 aromatic heterocycles. The van der Waals surface area contributed by atoms with Gasteiger partial charge in [-0.2, -0.15) is 0 Å². The number of aromatic nitrogens is 5. The molecule has 0 atom stereocenters. The second-order valence-corrected chi connectivity index (χ2v) is 4.84. The van der Waals surface area contributed by atoms with Crippen LogP contribution in [0, 0.1) is 6.92 Å². The van der Waals surface area contributed by atoms with Crippen molar-refractivity contribution in [3.05, 3.63) is 58.9 Å². The second-order valence-electron chi connectivity index (χ2n) is 4.84. The number of aryl methyl sites for hydroxylation is 1. The highest BCUT2D eigenvalue weighted by Crippen LogP contribution is 2.15. The van der Waals surface area contributed by atoms with E-state index in [9.17, 15) is 4.79 Å². The molecule has 0 aliphatic carbocycles. The van der Waals surface area contributed by atoms with Gasteiger partial charge in [-0.3, -0.25) is 4.57 Å². The second kappa shape index (κ2) is 4.27. The van der Waals surface area contributed by atoms with Crippen molar-refractivity contribution in [1.82, 2.24) is 19.2 Å². The molecular weight excluding hydrogens is 270 g/mol. The molecule has 7 heteroatoms. The molecule has 3 heterocycles. The number of H-pyrrole nitrogens is 1. The molecule has 0 radical (unpaired) electrons. The zero-order chi connectivity index (χ0) is 14.4. The minimum atomic E-state index is -0.212. The van der Waals surface area contributed by atoms with Crippen LogP contribution in [0.5, 0.6) is 0 Å². The summed E-state index contributed by atoms with van der Waals surface area (Å²) in [6, 6.07) is 7.71. The number of oxazole rings is 1. The van der Waals surface area contributed by atoms with Crippen LogP contribution in [0.3, 0.4) is 0 Å². The Morgan fingerprint density at radius 3 is 3.00 bits per heavy atom. The van der Waals surface area contributed by atoms with Crippen molar-refractivity contribution in [2.75, 3.05) is 0 Å². The van der Waals surface area contributed by atoms with Crippen LogP contribution in [-0.4, -0.2) is 19.2 Å². The van der Waals surface area contributed by atoms with Gasteiger partial charge in [0.1, 0.15) is 6.26 Å². The summed E-state index contributed by atoms with van der Waals surface area (Å²) >= 11 is 0. The van der Waals surface area contributed by atoms with Crippen molar-refractivity contribution in [3.8, 4) is 0 Å². The maximum Gasteiger partial charge on any atom is 0.423 e. The minimum absolute atomic E-state index is 0.212. The van der Waals surface area contributed by atoms with Crippen LogP contribution >= 0.6 is 0 Å². The third kappa shape index (κ3) is 1.74. The molecule has 0 spiro atoms. The molecule has 0 bridgehead atoms. The number of hydrogen-bond donors (Lipinski definition) is 0. The first kappa shape index (κ1) is 11.8. The van der Waals surface area contributed by atoms with Gasteiger partial charge in [0, 0.05) is 6.92 Å². The smallest absolute Gasteiger partial charge is 0.423 e. The average Bonchev–Trinajstić information content (AvgIpc) is 3.12. The van der Waals surface area contributed by atoms with Crippen molar-refractivity contribution < 1.29 is 9.40 Å². The Labute approximate surface area is 118 Å². The van der Waals surface area contributed by atoms with Crippen LogP contribution in [0.15, 0.2) is 46.1 Å². The molecule has 0 fully saturated rings. The van der Waals surface area contributed by atoms with Crippen LogP contribution in [0.1, 0.15) is 11.5 Å². The largest absolute Gasteiger partial charge is 0.451 e. The molecule has 1 N–H and O–H groups in total. The summed E-state index contributed by atoms with van der Waals surface area (Å²) in [4.78, 5) is 19.9. The van der Waals surface area contributed by atoms with E-state index < -0.39 is 0 Å². The van der Waals surface area contributed by atoms with Crippen LogP contribution in [0.25, 0.3) is 16.6 Å². The van der Waals surface area contributed by atoms with Gasteiger partial charge in [-0.15, -0.1) is 0 Å². The van der Waals surface area contributed by atoms with Gasteiger partial charge in [0.05, 0.1) is 28.2 Å². The SMILES string of the molecule is Cc1nn2c(=O)n(Cc3cocn3)c3ccccc3c2[nH+]1. The highest BCUT2D eigenvalue weighted by atomic mass is 16.3. The highest BCUT2D eigenvalue weighted by molar-refractivity contribution is 5.89. The molecule has 1 aromatic carbocycles. The fraction of sp³-hybridized carbons (Fsp3) is 0.143. The zero-order valence-electron chi connectivity index (χ0n) is 11.3. The molecule has 0 saturated heterocycles. The number of benzene rings is 1. The number of aromatic amines is 1. The predicted molar refractivity (Wildman–Crippen MR) is 73.9 cm³/mol. The molecule has 104 valence electrons. The Bertz CT molecular complexity index is 997. The van der Waals surface area contributed by atoms with E-state index >= 15 is 0 Å². The maximum atomic E-state index is 12.7. The van der Waals surface area contributed by atoms with E-state index in [0.29, 0.717) is 23.7 Å². The average molecular weight is 282 g/mol. The Morgan fingerprint density at radius 2 is 2.19 bits per heavy atom. The Kier molecular flexibility index (Phi) is 2.41. The van der Waals surface area contributed by atoms with Gasteiger partial charge >= 0.3 is 5.69 Å². The lowest BCUT2D eigenvalue weighted by atomic mass is 10.2. The molecule has 21 heavy (non-hydrogen) atoms. The molecule has 0 amide bonds. The quantitative estimate of drug-likeness (QED) is 0.545. The van der Waals surface area contributed by atoms with E-state index in [1.807, 2.05) is 31.2 Å². The number of nitrogens with zero attached hydrogens (tertiary/aromatic N) is 4. The molecule has 7 nitrogen and oxygen atoms in total. The van der Waals surface area contributed by atoms with Crippen LogP contribution in [-0.2, 0) is 6.54 Å². The molecule has 4 aromatic rings. The topological polar surface area (TPSA) is 79.5 Å². The molecule has 0 unspecified atom stereocenters. The Morgan fingerprint density at radius 1 is 1.33 bits per heavy atom. The van der Waals surface area contributed by atoms with Crippen molar-refractivity contribution in [2.45, 2.75) is 13.5 Å². The van der Waals surface area contributed by atoms with Crippen LogP contribution < -0.4 is 10.7 Å². The number of nitrogens with one attached hydrogen (secondary N) is 1. The molecule has 0 aliphatic rings. The summed E-state index contributed by atoms with van der Waals surface area (Å²) in [5, 5.41) is 5.17. The lowest BCUT2D eigenvalue weighted by molar-refractivity contribution is -0.355. The number of fused-ring (bicyclic) bond motifs is 3. The van der Waals surface area contributed by atoms with Gasteiger partial charge in [0.25, 0.3) is 11.5 Å². The summed E-state index contributed by atoms with van der Waals surface area (Å²) in [7, 11) is 0. The van der Waals surface area contributed by atoms with E-state index in [2.05, 4.69) is 15.1 Å². The number of rotatable bonds is 2. The molecular formula is C14H12N5O2+. The summed E-state index contributed by atoms with van der Waals surface area (Å²) in [6.45, 7) is 2.16. The Balaban J connectivity index is 2.11. The monoisotopic (exact) mass is 282 g/mol. The summed E-state index contributed by atoms with van der Waals surface area (Å²) < 4.78 is 8.00. The van der Waals surface area contributed by atoms with E-state index in [-0.39, 0.29) is 5.69 Å². The summed E-state index contributed by atoms with van der Waals surface area (Å²) in [5.41, 5.74) is 2.00. The van der Waals surface area contributed by atoms with Gasteiger partial charge < -0.3 is 4.42 Å². The van der Waals surface area contributed by atoms with Gasteiger partial charge in [0.15, 0.2) is 6.39 Å². The van der Waals surface area contributed by atoms with Crippen LogP contribution in [0.2, 0.25) is 0 Å². The van der Waals surface area contributed by atoms with Crippen molar-refractivity contribution in [2.24, 2.45) is 0 Å². The van der Waals surface area contributed by atoms with E-state index in [1.54, 1.807) is 4.57 Å².